The maximum atomic E-state index is 14.8. The van der Waals surface area contributed by atoms with Crippen LogP contribution in [0.1, 0.15) is 29.5 Å². The van der Waals surface area contributed by atoms with Gasteiger partial charge in [0.25, 0.3) is 5.91 Å². The third-order valence-corrected chi connectivity index (χ3v) is 10.0. The zero-order chi connectivity index (χ0) is 31.0. The van der Waals surface area contributed by atoms with Gasteiger partial charge in [0.1, 0.15) is 10.6 Å². The zero-order valence-corrected chi connectivity index (χ0v) is 21.0. The molecule has 1 saturated heterocycles. The molecule has 1 heterocycles. The zero-order valence-electron chi connectivity index (χ0n) is 20.2. The van der Waals surface area contributed by atoms with E-state index in [1.807, 2.05) is 0 Å². The van der Waals surface area contributed by atoms with E-state index in [0.29, 0.717) is 11.0 Å². The second-order valence-corrected chi connectivity index (χ2v) is 11.9. The van der Waals surface area contributed by atoms with Crippen molar-refractivity contribution >= 4 is 15.7 Å². The van der Waals surface area contributed by atoms with Crippen LogP contribution in [0, 0.1) is 5.82 Å². The number of benzene rings is 2. The molecule has 0 bridgehead atoms. The van der Waals surface area contributed by atoms with Crippen molar-refractivity contribution in [1.82, 2.24) is 4.90 Å². The topological polar surface area (TPSA) is 74.7 Å². The minimum atomic E-state index is -6.47. The second-order valence-electron chi connectivity index (χ2n) is 9.65. The summed E-state index contributed by atoms with van der Waals surface area (Å²) in [5, 5.41) is 9.55. The number of fused-ring (bicyclic) bond motifs is 3. The van der Waals surface area contributed by atoms with Crippen LogP contribution in [-0.2, 0) is 31.5 Å². The van der Waals surface area contributed by atoms with Crippen molar-refractivity contribution in [3.63, 3.8) is 0 Å². The maximum absolute atomic E-state index is 14.8. The van der Waals surface area contributed by atoms with Crippen LogP contribution >= 0.6 is 0 Å². The van der Waals surface area contributed by atoms with E-state index in [9.17, 15) is 66.6 Å². The Balaban J connectivity index is 1.95. The number of carbonyl (C=O) groups is 1. The van der Waals surface area contributed by atoms with E-state index < -0.39 is 110 Å². The van der Waals surface area contributed by atoms with E-state index in [1.54, 1.807) is 0 Å². The normalized spacial score (nSPS) is 22.7. The largest absolute Gasteiger partial charge is 0.435 e. The molecule has 41 heavy (non-hydrogen) atoms. The van der Waals surface area contributed by atoms with Gasteiger partial charge in [-0.05, 0) is 54.7 Å². The smallest absolute Gasteiger partial charge is 0.376 e. The Morgan fingerprint density at radius 3 is 2.00 bits per heavy atom. The molecule has 1 aliphatic carbocycles. The highest BCUT2D eigenvalue weighted by Crippen LogP contribution is 2.56. The number of sulfone groups is 1. The first-order chi connectivity index (χ1) is 18.6. The molecule has 226 valence electrons. The molecule has 0 spiro atoms. The third-order valence-electron chi connectivity index (χ3n) is 7.50. The van der Waals surface area contributed by atoms with E-state index >= 15 is 0 Å². The monoisotopic (exact) mass is 625 g/mol. The number of carbonyl (C=O) groups excluding carboxylic acids is 1. The van der Waals surface area contributed by atoms with E-state index in [2.05, 4.69) is 0 Å². The van der Waals surface area contributed by atoms with Gasteiger partial charge in [0.05, 0.1) is 10.9 Å². The van der Waals surface area contributed by atoms with E-state index in [1.165, 1.54) is 0 Å². The van der Waals surface area contributed by atoms with E-state index in [4.69, 9.17) is 0 Å². The van der Waals surface area contributed by atoms with Gasteiger partial charge in [-0.25, -0.2) is 17.2 Å². The SMILES string of the molecule is O=C([C@@H](O)C(F)(F)F)N1CC[C@@]2(S(=O)(=O)c3ccc(F)cc3)c3ccc(C(F)(C(F)(F)F)C(F)(F)F)cc3CC[C@@H]12. The molecule has 2 aliphatic rings. The average Bonchev–Trinajstić information content (AvgIpc) is 3.27. The number of hydrogen-bond donors (Lipinski definition) is 1. The summed E-state index contributed by atoms with van der Waals surface area (Å²) in [5.74, 6) is -2.81. The minimum Gasteiger partial charge on any atom is -0.376 e. The summed E-state index contributed by atoms with van der Waals surface area (Å²) in [5.41, 5.74) is -8.69. The molecule has 4 rings (SSSR count). The number of amides is 1. The van der Waals surface area contributed by atoms with Gasteiger partial charge in [0.15, 0.2) is 9.84 Å². The van der Waals surface area contributed by atoms with Gasteiger partial charge < -0.3 is 10.0 Å². The summed E-state index contributed by atoms with van der Waals surface area (Å²) in [7, 11) is -4.88. The van der Waals surface area contributed by atoms with Gasteiger partial charge in [-0.1, -0.05) is 18.2 Å². The Bertz CT molecular complexity index is 1440. The van der Waals surface area contributed by atoms with Gasteiger partial charge in [0, 0.05) is 12.1 Å². The van der Waals surface area contributed by atoms with Gasteiger partial charge in [-0.15, -0.1) is 0 Å². The number of aliphatic hydroxyl groups excluding tert-OH is 1. The summed E-state index contributed by atoms with van der Waals surface area (Å²) in [6.07, 6.45) is -23.8. The van der Waals surface area contributed by atoms with Gasteiger partial charge >= 0.3 is 24.2 Å². The predicted octanol–water partition coefficient (Wildman–Crippen LogP) is 5.25. The van der Waals surface area contributed by atoms with Crippen molar-refractivity contribution in [3.05, 3.63) is 65.0 Å². The number of aryl methyl sites for hydroxylation is 1. The molecule has 3 atom stereocenters. The van der Waals surface area contributed by atoms with Gasteiger partial charge in [0.2, 0.25) is 6.10 Å². The van der Waals surface area contributed by atoms with Crippen molar-refractivity contribution in [2.45, 2.75) is 65.2 Å². The molecule has 1 amide bonds. The van der Waals surface area contributed by atoms with Crippen LogP contribution in [0.3, 0.4) is 0 Å². The quantitative estimate of drug-likeness (QED) is 0.372. The molecule has 2 aromatic carbocycles. The first-order valence-corrected chi connectivity index (χ1v) is 13.1. The molecule has 2 aromatic rings. The second kappa shape index (κ2) is 9.54. The lowest BCUT2D eigenvalue weighted by atomic mass is 9.76. The minimum absolute atomic E-state index is 0.0825. The van der Waals surface area contributed by atoms with E-state index in [-0.39, 0.29) is 12.1 Å². The average molecular weight is 625 g/mol. The Kier molecular flexibility index (Phi) is 7.21. The molecular weight excluding hydrogens is 607 g/mol. The number of rotatable bonds is 4. The van der Waals surface area contributed by atoms with Crippen molar-refractivity contribution in [2.75, 3.05) is 6.54 Å². The molecule has 0 aromatic heterocycles. The fraction of sp³-hybridized carbons (Fsp3) is 0.458. The van der Waals surface area contributed by atoms with Crippen LogP contribution in [0.5, 0.6) is 0 Å². The molecule has 1 aliphatic heterocycles. The van der Waals surface area contributed by atoms with Gasteiger partial charge in [-0.3, -0.25) is 4.79 Å². The molecule has 5 nitrogen and oxygen atoms in total. The molecule has 17 heteroatoms. The molecule has 1 fully saturated rings. The fourth-order valence-corrected chi connectivity index (χ4v) is 7.98. The van der Waals surface area contributed by atoms with E-state index in [0.717, 1.165) is 24.3 Å². The highest BCUT2D eigenvalue weighted by Gasteiger charge is 2.74. The van der Waals surface area contributed by atoms with Gasteiger partial charge in [-0.2, -0.15) is 39.5 Å². The number of alkyl halides is 10. The Hall–Kier alpha value is -2.95. The van der Waals surface area contributed by atoms with Crippen LogP contribution in [-0.4, -0.2) is 61.6 Å². The highest BCUT2D eigenvalue weighted by molar-refractivity contribution is 7.92. The Morgan fingerprint density at radius 2 is 1.49 bits per heavy atom. The first-order valence-electron chi connectivity index (χ1n) is 11.6. The molecule has 0 radical (unpaired) electrons. The summed E-state index contributed by atoms with van der Waals surface area (Å²) in [6.45, 7) is -0.712. The summed E-state index contributed by atoms with van der Waals surface area (Å²) < 4.78 is 174. The number of nitrogens with zero attached hydrogens (tertiary/aromatic N) is 1. The van der Waals surface area contributed by atoms with Crippen LogP contribution in [0.4, 0.5) is 48.3 Å². The Labute approximate surface area is 224 Å². The standard InChI is InChI=1S/C24H18F11NO4S/c25-14-3-5-15(6-4-14)41(39,40)20-9-10-36(19(38)18(37)22(27,28)29)17(20)8-1-12-11-13(2-7-16(12)20)21(26,23(30,31)32)24(33,34)35/h2-7,11,17-18,37H,1,8-10H2/t17-,18-,20-/m1/s1. The third kappa shape index (κ3) is 4.55. The van der Waals surface area contributed by atoms with Crippen molar-refractivity contribution in [2.24, 2.45) is 0 Å². The summed E-state index contributed by atoms with van der Waals surface area (Å²) >= 11 is 0. The van der Waals surface area contributed by atoms with Crippen molar-refractivity contribution < 1.29 is 66.6 Å². The molecular formula is C24H18F11NO4S. The number of aliphatic hydroxyl groups is 1. The van der Waals surface area contributed by atoms with Crippen LogP contribution in [0.25, 0.3) is 0 Å². The van der Waals surface area contributed by atoms with Crippen molar-refractivity contribution in [1.29, 1.82) is 0 Å². The number of hydrogen-bond acceptors (Lipinski definition) is 4. The fourth-order valence-electron chi connectivity index (χ4n) is 5.61. The lowest BCUT2D eigenvalue weighted by Crippen LogP contribution is -2.55. The summed E-state index contributed by atoms with van der Waals surface area (Å²) in [6, 6.07) is 2.13. The predicted molar refractivity (Wildman–Crippen MR) is 117 cm³/mol. The molecule has 1 N–H and O–H groups in total. The lowest BCUT2D eigenvalue weighted by molar-refractivity contribution is -0.348. The Morgan fingerprint density at radius 1 is 0.927 bits per heavy atom. The lowest BCUT2D eigenvalue weighted by Gasteiger charge is -2.43. The number of likely N-dealkylation sites (tertiary alicyclic amines) is 1. The molecule has 0 unspecified atom stereocenters. The maximum Gasteiger partial charge on any atom is 0.435 e. The summed E-state index contributed by atoms with van der Waals surface area (Å²) in [4.78, 5) is 12.5. The van der Waals surface area contributed by atoms with Crippen LogP contribution in [0.15, 0.2) is 47.4 Å². The van der Waals surface area contributed by atoms with Crippen LogP contribution < -0.4 is 0 Å². The van der Waals surface area contributed by atoms with Crippen molar-refractivity contribution in [3.8, 4) is 0 Å². The number of halogens is 11. The first kappa shape index (κ1) is 31.0. The van der Waals surface area contributed by atoms with Crippen LogP contribution in [0.2, 0.25) is 0 Å². The molecule has 0 saturated carbocycles. The highest BCUT2D eigenvalue weighted by atomic mass is 32.2.